The molecule has 0 aliphatic rings. The molecule has 0 radical (unpaired) electrons. The Morgan fingerprint density at radius 2 is 2.06 bits per heavy atom. The Balaban J connectivity index is 0.000000557. The maximum absolute atomic E-state index is 10.0. The summed E-state index contributed by atoms with van der Waals surface area (Å²) < 4.78 is 4.80. The molecule has 5 nitrogen and oxygen atoms in total. The largest absolute Gasteiger partial charge is 0.546 e. The summed E-state index contributed by atoms with van der Waals surface area (Å²) in [6.07, 6.45) is 0. The molecule has 0 saturated carbocycles. The highest BCUT2D eigenvalue weighted by Crippen LogP contribution is 2.27. The van der Waals surface area contributed by atoms with Crippen molar-refractivity contribution < 1.29 is 25.5 Å². The van der Waals surface area contributed by atoms with Crippen LogP contribution in [0.2, 0.25) is 10.0 Å². The van der Waals surface area contributed by atoms with E-state index in [1.54, 1.807) is 6.07 Å². The van der Waals surface area contributed by atoms with Crippen LogP contribution in [0.25, 0.3) is 0 Å². The van der Waals surface area contributed by atoms with Crippen molar-refractivity contribution in [2.24, 2.45) is 0 Å². The molecule has 0 amide bonds. The lowest BCUT2D eigenvalue weighted by Crippen LogP contribution is -2.51. The zero-order valence-electron chi connectivity index (χ0n) is 8.99. The fourth-order valence-electron chi connectivity index (χ4n) is 0.729. The molecule has 96 valence electrons. The summed E-state index contributed by atoms with van der Waals surface area (Å²) in [6, 6.07) is 4.51. The van der Waals surface area contributed by atoms with Crippen LogP contribution < -0.4 is 15.6 Å². The van der Waals surface area contributed by atoms with Crippen LogP contribution in [0.4, 0.5) is 0 Å². The molecular formula is C10H13Cl2NO4. The molecule has 0 bridgehead atoms. The number of ether oxygens (including phenoxy) is 1. The Hall–Kier alpha value is -1.01. The number of carbonyl (C=O) groups excluding carboxylic acids is 1. The number of benzene rings is 1. The molecule has 0 spiro atoms. The third kappa shape index (κ3) is 7.82. The van der Waals surface area contributed by atoms with Gasteiger partial charge in [0.15, 0.2) is 0 Å². The van der Waals surface area contributed by atoms with Gasteiger partial charge in [0.25, 0.3) is 0 Å². The number of carboxylic acids is 1. The second-order valence-electron chi connectivity index (χ2n) is 2.81. The monoisotopic (exact) mass is 281 g/mol. The lowest BCUT2D eigenvalue weighted by molar-refractivity contribution is -0.372. The Kier molecular flexibility index (Phi) is 8.53. The van der Waals surface area contributed by atoms with Crippen LogP contribution in [0.15, 0.2) is 18.2 Å². The molecule has 0 atom stereocenters. The molecule has 0 aliphatic carbocycles. The summed E-state index contributed by atoms with van der Waals surface area (Å²) in [5, 5.41) is 18.6. The second kappa shape index (κ2) is 9.07. The van der Waals surface area contributed by atoms with Gasteiger partial charge in [-0.15, -0.1) is 0 Å². The maximum Gasteiger partial charge on any atom is 0.138 e. The zero-order valence-corrected chi connectivity index (χ0v) is 10.5. The molecule has 7 heteroatoms. The molecular weight excluding hydrogens is 269 g/mol. The molecule has 1 rings (SSSR count). The molecule has 1 aromatic carbocycles. The number of hydrogen-bond acceptors (Lipinski definition) is 4. The first-order chi connectivity index (χ1) is 8.01. The first-order valence-electron chi connectivity index (χ1n) is 4.69. The molecule has 0 aliphatic heterocycles. The van der Waals surface area contributed by atoms with E-state index in [1.807, 2.05) is 0 Å². The van der Waals surface area contributed by atoms with E-state index in [0.717, 1.165) is 0 Å². The van der Waals surface area contributed by atoms with Crippen LogP contribution in [-0.2, 0) is 4.79 Å². The van der Waals surface area contributed by atoms with E-state index in [2.05, 4.69) is 5.73 Å². The third-order valence-corrected chi connectivity index (χ3v) is 1.93. The van der Waals surface area contributed by atoms with E-state index >= 15 is 0 Å². The van der Waals surface area contributed by atoms with Crippen molar-refractivity contribution >= 4 is 29.2 Å². The van der Waals surface area contributed by atoms with Crippen molar-refractivity contribution in [3.05, 3.63) is 28.2 Å². The third-order valence-electron chi connectivity index (χ3n) is 1.40. The molecule has 0 aromatic heterocycles. The Morgan fingerprint density at radius 1 is 1.47 bits per heavy atom. The minimum absolute atomic E-state index is 0.208. The summed E-state index contributed by atoms with van der Waals surface area (Å²) in [5.41, 5.74) is 3.35. The number of aliphatic hydroxyl groups is 1. The fourth-order valence-corrected chi connectivity index (χ4v) is 1.19. The fraction of sp³-hybridized carbons (Fsp3) is 0.300. The highest BCUT2D eigenvalue weighted by Gasteiger charge is 2.01. The molecule has 1 aromatic rings. The van der Waals surface area contributed by atoms with Crippen LogP contribution in [0.3, 0.4) is 0 Å². The Bertz CT molecular complexity index is 358. The first-order valence-corrected chi connectivity index (χ1v) is 5.44. The minimum Gasteiger partial charge on any atom is -0.546 e. The Morgan fingerprint density at radius 3 is 2.47 bits per heavy atom. The van der Waals surface area contributed by atoms with Gasteiger partial charge in [-0.1, -0.05) is 23.2 Å². The number of rotatable bonds is 4. The van der Waals surface area contributed by atoms with Gasteiger partial charge in [-0.25, -0.2) is 0 Å². The average Bonchev–Trinajstić information content (AvgIpc) is 2.28. The number of hydrogen-bond donors (Lipinski definition) is 2. The van der Waals surface area contributed by atoms with Crippen LogP contribution in [0, 0.1) is 0 Å². The summed E-state index contributed by atoms with van der Waals surface area (Å²) >= 11 is 11.3. The van der Waals surface area contributed by atoms with E-state index in [4.69, 9.17) is 33.0 Å². The molecule has 4 N–H and O–H groups in total. The van der Waals surface area contributed by atoms with E-state index < -0.39 is 12.6 Å². The summed E-state index contributed by atoms with van der Waals surface area (Å²) in [7, 11) is 0. The van der Waals surface area contributed by atoms with Crippen LogP contribution in [0.5, 0.6) is 5.75 Å². The van der Waals surface area contributed by atoms with Gasteiger partial charge in [0, 0.05) is 5.02 Å². The van der Waals surface area contributed by atoms with E-state index in [1.165, 1.54) is 12.1 Å². The van der Waals surface area contributed by atoms with Crippen molar-refractivity contribution in [2.75, 3.05) is 19.8 Å². The predicted octanol–water partition coefficient (Wildman–Crippen LogP) is -0.657. The minimum atomic E-state index is -1.30. The van der Waals surface area contributed by atoms with E-state index in [0.29, 0.717) is 11.6 Å². The van der Waals surface area contributed by atoms with Crippen LogP contribution in [0.1, 0.15) is 0 Å². The number of carboxylic acid groups (broad SMARTS) is 1. The first kappa shape index (κ1) is 16.0. The van der Waals surface area contributed by atoms with Gasteiger partial charge in [0.05, 0.1) is 24.1 Å². The van der Waals surface area contributed by atoms with Gasteiger partial charge < -0.3 is 25.5 Å². The molecule has 0 saturated heterocycles. The number of aliphatic carboxylic acids is 1. The molecule has 0 fully saturated rings. The second-order valence-corrected chi connectivity index (χ2v) is 3.66. The molecule has 17 heavy (non-hydrogen) atoms. The van der Waals surface area contributed by atoms with Gasteiger partial charge >= 0.3 is 0 Å². The average molecular weight is 282 g/mol. The van der Waals surface area contributed by atoms with Crippen molar-refractivity contribution in [3.8, 4) is 5.75 Å². The number of aliphatic hydroxyl groups excluding tert-OH is 1. The Labute approximate surface area is 109 Å². The highest BCUT2D eigenvalue weighted by molar-refractivity contribution is 6.35. The molecule has 0 heterocycles. The van der Waals surface area contributed by atoms with Crippen molar-refractivity contribution in [1.29, 1.82) is 0 Å². The lowest BCUT2D eigenvalue weighted by atomic mass is 10.3. The van der Waals surface area contributed by atoms with Crippen molar-refractivity contribution in [2.45, 2.75) is 0 Å². The van der Waals surface area contributed by atoms with Gasteiger partial charge in [0.2, 0.25) is 0 Å². The van der Waals surface area contributed by atoms with Gasteiger partial charge in [0.1, 0.15) is 12.4 Å². The topological polar surface area (TPSA) is 97.2 Å². The highest BCUT2D eigenvalue weighted by atomic mass is 35.5. The predicted molar refractivity (Wildman–Crippen MR) is 61.8 cm³/mol. The lowest BCUT2D eigenvalue weighted by Gasteiger charge is -2.07. The normalized spacial score (nSPS) is 9.18. The number of halogens is 2. The van der Waals surface area contributed by atoms with Crippen LogP contribution >= 0.6 is 23.2 Å². The number of quaternary nitrogens is 1. The van der Waals surface area contributed by atoms with Crippen molar-refractivity contribution in [1.82, 2.24) is 0 Å². The molecule has 0 unspecified atom stereocenters. The standard InChI is InChI=1S/C8H6Cl2O3.C2H7NO/c9-5-1-2-7(6(10)3-5)13-4-8(11)12;3-1-2-4/h1-3H,4H2,(H,11,12);4H,1-3H2. The quantitative estimate of drug-likeness (QED) is 0.766. The SMILES string of the molecule is O=C([O-])COc1ccc(Cl)cc1Cl.[NH3+]CCO. The van der Waals surface area contributed by atoms with Gasteiger partial charge in [-0.05, 0) is 18.2 Å². The summed E-state index contributed by atoms with van der Waals surface area (Å²) in [6.45, 7) is 0.307. The number of carbonyl (C=O) groups is 1. The van der Waals surface area contributed by atoms with E-state index in [-0.39, 0.29) is 17.4 Å². The maximum atomic E-state index is 10.0. The summed E-state index contributed by atoms with van der Waals surface area (Å²) in [4.78, 5) is 10.0. The van der Waals surface area contributed by atoms with Crippen molar-refractivity contribution in [3.63, 3.8) is 0 Å². The van der Waals surface area contributed by atoms with Gasteiger partial charge in [-0.2, -0.15) is 0 Å². The van der Waals surface area contributed by atoms with Crippen LogP contribution in [-0.4, -0.2) is 30.8 Å². The summed E-state index contributed by atoms with van der Waals surface area (Å²) in [5.74, 6) is -1.03. The van der Waals surface area contributed by atoms with E-state index in [9.17, 15) is 9.90 Å². The van der Waals surface area contributed by atoms with Gasteiger partial charge in [-0.3, -0.25) is 0 Å². The smallest absolute Gasteiger partial charge is 0.138 e. The zero-order chi connectivity index (χ0) is 13.3.